The molecule has 3 N–H and O–H groups in total. The van der Waals surface area contributed by atoms with Crippen LogP contribution in [-0.2, 0) is 65.4 Å². The third-order valence-corrected chi connectivity index (χ3v) is 20.3. The third kappa shape index (κ3) is 73.8. The Morgan fingerprint density at radius 1 is 0.270 bits per heavy atom. The first-order valence-corrected chi connectivity index (χ1v) is 44.6. The molecule has 100 heavy (non-hydrogen) atoms. The second kappa shape index (κ2) is 74.8. The molecule has 0 amide bonds. The lowest BCUT2D eigenvalue weighted by Crippen LogP contribution is -2.30. The maximum absolute atomic E-state index is 13.1. The Kier molecular flexibility index (Phi) is 73.0. The van der Waals surface area contributed by atoms with Gasteiger partial charge in [0.05, 0.1) is 26.4 Å². The zero-order valence-electron chi connectivity index (χ0n) is 64.7. The molecule has 0 saturated heterocycles. The van der Waals surface area contributed by atoms with Gasteiger partial charge in [0, 0.05) is 25.7 Å². The van der Waals surface area contributed by atoms with Crippen LogP contribution in [0.5, 0.6) is 0 Å². The number of carbonyl (C=O) groups excluding carboxylic acids is 4. The number of ether oxygens (including phenoxy) is 4. The molecule has 2 unspecified atom stereocenters. The number of hydrogen-bond donors (Lipinski definition) is 3. The highest BCUT2D eigenvalue weighted by Crippen LogP contribution is 2.45. The van der Waals surface area contributed by atoms with Crippen LogP contribution in [0.2, 0.25) is 0 Å². The van der Waals surface area contributed by atoms with Gasteiger partial charge in [-0.05, 0) is 77.0 Å². The molecule has 0 fully saturated rings. The van der Waals surface area contributed by atoms with Crippen molar-refractivity contribution in [1.82, 2.24) is 0 Å². The SMILES string of the molecule is CCCCCC/C=C\CCCCCCCCCC(=O)OC[C@H](COP(=O)(O)OC[C@@H](O)COP(=O)(O)OC[C@@H](COC(=O)CCCCCCCCCCCCCCCCC)OC(=O)CCCCCCCCCCCCCCCCC)OC(=O)CCCCCCC/C=C\CCCCCCCC. The van der Waals surface area contributed by atoms with Crippen molar-refractivity contribution in [1.29, 1.82) is 0 Å². The van der Waals surface area contributed by atoms with Crippen LogP contribution in [0.4, 0.5) is 0 Å². The summed E-state index contributed by atoms with van der Waals surface area (Å²) < 4.78 is 68.7. The van der Waals surface area contributed by atoms with Crippen molar-refractivity contribution in [3.8, 4) is 0 Å². The molecule has 0 bridgehead atoms. The Morgan fingerprint density at radius 3 is 0.700 bits per heavy atom. The molecular formula is C81H154O17P2. The maximum atomic E-state index is 13.1. The van der Waals surface area contributed by atoms with Gasteiger partial charge < -0.3 is 33.8 Å². The van der Waals surface area contributed by atoms with Crippen LogP contribution in [0.25, 0.3) is 0 Å². The van der Waals surface area contributed by atoms with E-state index >= 15 is 0 Å². The van der Waals surface area contributed by atoms with Gasteiger partial charge in [0.2, 0.25) is 0 Å². The molecule has 0 aliphatic heterocycles. The Labute approximate surface area is 612 Å². The highest BCUT2D eigenvalue weighted by molar-refractivity contribution is 7.47. The fraction of sp³-hybridized carbons (Fsp3) is 0.901. The van der Waals surface area contributed by atoms with Crippen LogP contribution in [0.15, 0.2) is 24.3 Å². The molecule has 0 aromatic rings. The van der Waals surface area contributed by atoms with Crippen molar-refractivity contribution >= 4 is 39.5 Å². The minimum absolute atomic E-state index is 0.0921. The summed E-state index contributed by atoms with van der Waals surface area (Å²) >= 11 is 0. The molecular weight excluding hydrogens is 1310 g/mol. The molecule has 0 aliphatic carbocycles. The average Bonchev–Trinajstić information content (AvgIpc) is 1.01. The summed E-state index contributed by atoms with van der Waals surface area (Å²) in [5, 5.41) is 10.6. The van der Waals surface area contributed by atoms with Crippen LogP contribution < -0.4 is 0 Å². The van der Waals surface area contributed by atoms with E-state index in [4.69, 9.17) is 37.0 Å². The molecule has 17 nitrogen and oxygen atoms in total. The Morgan fingerprint density at radius 2 is 0.460 bits per heavy atom. The lowest BCUT2D eigenvalue weighted by molar-refractivity contribution is -0.161. The normalized spacial score (nSPS) is 13.9. The Balaban J connectivity index is 5.30. The quantitative estimate of drug-likeness (QED) is 0.0169. The number of phosphoric acid groups is 2. The number of allylic oxidation sites excluding steroid dienone is 4. The van der Waals surface area contributed by atoms with E-state index in [0.29, 0.717) is 25.7 Å². The highest BCUT2D eigenvalue weighted by atomic mass is 31.2. The van der Waals surface area contributed by atoms with Gasteiger partial charge in [-0.1, -0.05) is 335 Å². The smallest absolute Gasteiger partial charge is 0.462 e. The van der Waals surface area contributed by atoms with E-state index in [1.165, 1.54) is 212 Å². The Hall–Kier alpha value is -2.46. The number of aliphatic hydroxyl groups excluding tert-OH is 1. The number of hydrogen-bond acceptors (Lipinski definition) is 15. The van der Waals surface area contributed by atoms with Gasteiger partial charge >= 0.3 is 39.5 Å². The van der Waals surface area contributed by atoms with E-state index in [2.05, 4.69) is 52.0 Å². The highest BCUT2D eigenvalue weighted by Gasteiger charge is 2.30. The molecule has 5 atom stereocenters. The van der Waals surface area contributed by atoms with E-state index < -0.39 is 97.5 Å². The van der Waals surface area contributed by atoms with Crippen LogP contribution in [0.3, 0.4) is 0 Å². The molecule has 0 aliphatic rings. The first-order chi connectivity index (χ1) is 48.7. The first-order valence-electron chi connectivity index (χ1n) is 41.6. The van der Waals surface area contributed by atoms with E-state index in [0.717, 1.165) is 122 Å². The van der Waals surface area contributed by atoms with E-state index in [1.54, 1.807) is 0 Å². The zero-order chi connectivity index (χ0) is 73.2. The molecule has 0 aromatic carbocycles. The summed E-state index contributed by atoms with van der Waals surface area (Å²) in [5.41, 5.74) is 0. The standard InChI is InChI=1S/C81H154O17P2/c1-5-9-13-17-21-25-29-33-37-41-45-49-53-57-61-65-78(83)91-71-76(97-80(85)67-63-59-55-51-47-43-39-35-31-27-23-19-15-11-7-3)73-95-99(87,88)93-69-75(82)70-94-100(89,90)96-74-77(98-81(86)68-64-60-56-52-48-44-40-36-32-28-24-20-16-12-8-4)72-92-79(84)66-62-58-54-50-46-42-38-34-30-26-22-18-14-10-6-2/h25,29,35,39,75-77,82H,5-24,26-28,30-34,36-38,40-74H2,1-4H3,(H,87,88)(H,89,90)/b29-25-,39-35-/t75-,76-,77-/m1/s1. The average molecular weight is 1460 g/mol. The summed E-state index contributed by atoms with van der Waals surface area (Å²) in [4.78, 5) is 73.1. The van der Waals surface area contributed by atoms with Crippen molar-refractivity contribution < 1.29 is 80.2 Å². The lowest BCUT2D eigenvalue weighted by atomic mass is 10.0. The molecule has 0 saturated carbocycles. The summed E-state index contributed by atoms with van der Waals surface area (Å²) in [6.07, 6.45) is 69.9. The fourth-order valence-corrected chi connectivity index (χ4v) is 13.6. The first kappa shape index (κ1) is 97.5. The number of unbranched alkanes of at least 4 members (excludes halogenated alkanes) is 50. The third-order valence-electron chi connectivity index (χ3n) is 18.4. The fourth-order valence-electron chi connectivity index (χ4n) is 12.0. The van der Waals surface area contributed by atoms with E-state index in [-0.39, 0.29) is 25.7 Å². The monoisotopic (exact) mass is 1460 g/mol. The van der Waals surface area contributed by atoms with Crippen molar-refractivity contribution in [3.63, 3.8) is 0 Å². The molecule has 590 valence electrons. The number of phosphoric ester groups is 2. The second-order valence-corrected chi connectivity index (χ2v) is 31.3. The van der Waals surface area contributed by atoms with E-state index in [1.807, 2.05) is 0 Å². The van der Waals surface area contributed by atoms with Gasteiger partial charge in [-0.2, -0.15) is 0 Å². The van der Waals surface area contributed by atoms with Gasteiger partial charge in [-0.15, -0.1) is 0 Å². The molecule has 19 heteroatoms. The van der Waals surface area contributed by atoms with Crippen LogP contribution in [-0.4, -0.2) is 96.7 Å². The van der Waals surface area contributed by atoms with Crippen molar-refractivity contribution in [3.05, 3.63) is 24.3 Å². The minimum atomic E-state index is -4.97. The van der Waals surface area contributed by atoms with Gasteiger partial charge in [0.25, 0.3) is 0 Å². The van der Waals surface area contributed by atoms with Crippen LogP contribution in [0.1, 0.15) is 413 Å². The predicted octanol–water partition coefficient (Wildman–Crippen LogP) is 24.1. The van der Waals surface area contributed by atoms with Crippen molar-refractivity contribution in [2.45, 2.75) is 431 Å². The zero-order valence-corrected chi connectivity index (χ0v) is 66.5. The summed E-state index contributed by atoms with van der Waals surface area (Å²) in [6, 6.07) is 0. The minimum Gasteiger partial charge on any atom is -0.462 e. The predicted molar refractivity (Wildman–Crippen MR) is 409 cm³/mol. The summed E-state index contributed by atoms with van der Waals surface area (Å²) in [7, 11) is -9.93. The molecule has 0 spiro atoms. The molecule has 0 radical (unpaired) electrons. The van der Waals surface area contributed by atoms with Gasteiger partial charge in [0.1, 0.15) is 19.3 Å². The molecule has 0 heterocycles. The molecule has 0 rings (SSSR count). The van der Waals surface area contributed by atoms with Crippen LogP contribution >= 0.6 is 15.6 Å². The number of carbonyl (C=O) groups is 4. The van der Waals surface area contributed by atoms with Crippen LogP contribution in [0, 0.1) is 0 Å². The summed E-state index contributed by atoms with van der Waals surface area (Å²) in [6.45, 7) is 4.97. The van der Waals surface area contributed by atoms with Gasteiger partial charge in [0.15, 0.2) is 12.2 Å². The van der Waals surface area contributed by atoms with Crippen molar-refractivity contribution in [2.24, 2.45) is 0 Å². The van der Waals surface area contributed by atoms with Gasteiger partial charge in [-0.3, -0.25) is 37.3 Å². The Bertz CT molecular complexity index is 1990. The number of aliphatic hydroxyl groups is 1. The largest absolute Gasteiger partial charge is 0.472 e. The second-order valence-electron chi connectivity index (χ2n) is 28.4. The molecule has 0 aromatic heterocycles. The topological polar surface area (TPSA) is 237 Å². The van der Waals surface area contributed by atoms with Gasteiger partial charge in [-0.25, -0.2) is 9.13 Å². The number of rotatable bonds is 80. The maximum Gasteiger partial charge on any atom is 0.472 e. The van der Waals surface area contributed by atoms with Crippen molar-refractivity contribution in [2.75, 3.05) is 39.6 Å². The summed E-state index contributed by atoms with van der Waals surface area (Å²) in [5.74, 6) is -2.13. The lowest BCUT2D eigenvalue weighted by Gasteiger charge is -2.21. The number of esters is 4. The van der Waals surface area contributed by atoms with E-state index in [9.17, 15) is 43.2 Å².